The van der Waals surface area contributed by atoms with Crippen LogP contribution in [-0.2, 0) is 22.6 Å². The highest BCUT2D eigenvalue weighted by molar-refractivity contribution is 7.99. The zero-order valence-electron chi connectivity index (χ0n) is 27.0. The summed E-state index contributed by atoms with van der Waals surface area (Å²) in [4.78, 5) is 12.6. The molecule has 50 heavy (non-hydrogen) atoms. The van der Waals surface area contributed by atoms with Gasteiger partial charge in [0.1, 0.15) is 5.75 Å². The number of phenols is 1. The lowest BCUT2D eigenvalue weighted by Gasteiger charge is -2.36. The molecule has 7 rings (SSSR count). The standard InChI is InChI=1S/C39H35N5O5S/c45-24-26-12-14-28(15-13-26)36-22-35(25-50-39-41-42-43-44(39)33-16-18-34(46)19-17-33)48-38(49-36)32-11-5-10-31(21-32)30-9-4-6-27(20-30)23-40-37(47)29-7-2-1-3-8-29/h1-21,35-36,38,45-46H,22-25H2,(H,40,47). The first-order chi connectivity index (χ1) is 24.5. The van der Waals surface area contributed by atoms with Crippen molar-refractivity contribution in [2.45, 2.75) is 43.2 Å². The molecule has 0 spiro atoms. The fourth-order valence-electron chi connectivity index (χ4n) is 5.81. The Bertz CT molecular complexity index is 2040. The maximum absolute atomic E-state index is 12.6. The molecule has 0 saturated carbocycles. The fraction of sp³-hybridized carbons (Fsp3) is 0.179. The van der Waals surface area contributed by atoms with E-state index in [1.807, 2.05) is 72.8 Å². The number of tetrazole rings is 1. The van der Waals surface area contributed by atoms with Gasteiger partial charge >= 0.3 is 0 Å². The summed E-state index contributed by atoms with van der Waals surface area (Å²) in [6, 6.07) is 39.9. The second-order valence-corrected chi connectivity index (χ2v) is 12.9. The molecule has 1 aliphatic heterocycles. The molecule has 10 nitrogen and oxygen atoms in total. The van der Waals surface area contributed by atoms with Crippen LogP contribution in [0.5, 0.6) is 5.75 Å². The summed E-state index contributed by atoms with van der Waals surface area (Å²) in [7, 11) is 0. The number of aromatic nitrogens is 4. The van der Waals surface area contributed by atoms with Gasteiger partial charge in [-0.2, -0.15) is 4.68 Å². The van der Waals surface area contributed by atoms with Gasteiger partial charge in [0, 0.05) is 29.8 Å². The first-order valence-electron chi connectivity index (χ1n) is 16.3. The van der Waals surface area contributed by atoms with Crippen LogP contribution in [0, 0.1) is 0 Å². The third kappa shape index (κ3) is 7.93. The number of aliphatic hydroxyl groups is 1. The molecule has 1 aliphatic rings. The van der Waals surface area contributed by atoms with Crippen molar-refractivity contribution in [1.82, 2.24) is 25.5 Å². The quantitative estimate of drug-likeness (QED) is 0.126. The Balaban J connectivity index is 1.09. The first-order valence-corrected chi connectivity index (χ1v) is 17.2. The lowest BCUT2D eigenvalue weighted by atomic mass is 9.99. The normalized spacial score (nSPS) is 17.3. The molecule has 0 aliphatic carbocycles. The molecule has 1 aromatic heterocycles. The van der Waals surface area contributed by atoms with Gasteiger partial charge in [0.2, 0.25) is 5.16 Å². The Morgan fingerprint density at radius 3 is 2.36 bits per heavy atom. The maximum atomic E-state index is 12.6. The summed E-state index contributed by atoms with van der Waals surface area (Å²) >= 11 is 1.49. The number of rotatable bonds is 11. The summed E-state index contributed by atoms with van der Waals surface area (Å²) < 4.78 is 14.9. The number of hydrogen-bond acceptors (Lipinski definition) is 9. The molecular weight excluding hydrogens is 651 g/mol. The number of carbonyl (C=O) groups excluding carboxylic acids is 1. The fourth-order valence-corrected chi connectivity index (χ4v) is 6.72. The van der Waals surface area contributed by atoms with Gasteiger partial charge in [0.15, 0.2) is 6.29 Å². The van der Waals surface area contributed by atoms with Crippen LogP contribution in [0.2, 0.25) is 0 Å². The van der Waals surface area contributed by atoms with E-state index in [1.165, 1.54) is 11.8 Å². The van der Waals surface area contributed by atoms with Gasteiger partial charge in [-0.1, -0.05) is 90.6 Å². The first kappa shape index (κ1) is 33.2. The molecule has 2 heterocycles. The minimum atomic E-state index is -0.641. The van der Waals surface area contributed by atoms with E-state index >= 15 is 0 Å². The molecule has 3 unspecified atom stereocenters. The lowest BCUT2D eigenvalue weighted by molar-refractivity contribution is -0.245. The number of carbonyl (C=O) groups is 1. The molecule has 0 radical (unpaired) electrons. The molecule has 5 aromatic carbocycles. The minimum absolute atomic E-state index is 0.0278. The van der Waals surface area contributed by atoms with Crippen molar-refractivity contribution in [2.24, 2.45) is 0 Å². The van der Waals surface area contributed by atoms with Crippen molar-refractivity contribution >= 4 is 17.7 Å². The van der Waals surface area contributed by atoms with Gasteiger partial charge in [-0.15, -0.1) is 5.10 Å². The number of benzene rings is 5. The topological polar surface area (TPSA) is 132 Å². The van der Waals surface area contributed by atoms with Crippen LogP contribution in [0.15, 0.2) is 133 Å². The van der Waals surface area contributed by atoms with E-state index in [0.29, 0.717) is 29.4 Å². The lowest BCUT2D eigenvalue weighted by Crippen LogP contribution is -2.31. The molecule has 1 saturated heterocycles. The van der Waals surface area contributed by atoms with E-state index in [0.717, 1.165) is 39.1 Å². The Morgan fingerprint density at radius 1 is 0.820 bits per heavy atom. The van der Waals surface area contributed by atoms with Crippen LogP contribution in [0.4, 0.5) is 0 Å². The second kappa shape index (κ2) is 15.5. The highest BCUT2D eigenvalue weighted by atomic mass is 32.2. The maximum Gasteiger partial charge on any atom is 0.251 e. The zero-order chi connectivity index (χ0) is 34.3. The number of aromatic hydroxyl groups is 1. The number of phenolic OH excluding ortho intramolecular Hbond substituents is 1. The van der Waals surface area contributed by atoms with E-state index in [1.54, 1.807) is 41.1 Å². The van der Waals surface area contributed by atoms with Crippen molar-refractivity contribution in [3.05, 3.63) is 155 Å². The summed E-state index contributed by atoms with van der Waals surface area (Å²) in [5.74, 6) is 0.620. The van der Waals surface area contributed by atoms with Crippen molar-refractivity contribution in [1.29, 1.82) is 0 Å². The van der Waals surface area contributed by atoms with Crippen molar-refractivity contribution < 1.29 is 24.5 Å². The highest BCUT2D eigenvalue weighted by Crippen LogP contribution is 2.40. The van der Waals surface area contributed by atoms with Crippen LogP contribution in [0.25, 0.3) is 16.8 Å². The highest BCUT2D eigenvalue weighted by Gasteiger charge is 2.33. The van der Waals surface area contributed by atoms with Gasteiger partial charge in [-0.25, -0.2) is 0 Å². The van der Waals surface area contributed by atoms with E-state index in [9.17, 15) is 15.0 Å². The third-order valence-corrected chi connectivity index (χ3v) is 9.51. The van der Waals surface area contributed by atoms with Crippen molar-refractivity contribution in [3.63, 3.8) is 0 Å². The van der Waals surface area contributed by atoms with Crippen molar-refractivity contribution in [2.75, 3.05) is 5.75 Å². The number of nitrogens with one attached hydrogen (secondary N) is 1. The summed E-state index contributed by atoms with van der Waals surface area (Å²) in [5, 5.41) is 35.2. The van der Waals surface area contributed by atoms with E-state index in [4.69, 9.17) is 9.47 Å². The predicted molar refractivity (Wildman–Crippen MR) is 189 cm³/mol. The molecule has 1 amide bonds. The average molecular weight is 686 g/mol. The van der Waals surface area contributed by atoms with E-state index in [-0.39, 0.29) is 30.5 Å². The van der Waals surface area contributed by atoms with Crippen LogP contribution < -0.4 is 5.32 Å². The monoisotopic (exact) mass is 685 g/mol. The molecule has 3 atom stereocenters. The molecule has 11 heteroatoms. The second-order valence-electron chi connectivity index (χ2n) is 11.9. The Kier molecular flexibility index (Phi) is 10.3. The Hall–Kier alpha value is -5.33. The summed E-state index contributed by atoms with van der Waals surface area (Å²) in [6.45, 7) is 0.377. The third-order valence-electron chi connectivity index (χ3n) is 8.46. The molecule has 3 N–H and O–H groups in total. The Morgan fingerprint density at radius 2 is 1.58 bits per heavy atom. The number of ether oxygens (including phenoxy) is 2. The van der Waals surface area contributed by atoms with Crippen LogP contribution in [0.1, 0.15) is 51.4 Å². The molecule has 6 aromatic rings. The largest absolute Gasteiger partial charge is 0.508 e. The van der Waals surface area contributed by atoms with Crippen molar-refractivity contribution in [3.8, 4) is 22.6 Å². The van der Waals surface area contributed by atoms with E-state index in [2.05, 4.69) is 39.0 Å². The van der Waals surface area contributed by atoms with E-state index < -0.39 is 6.29 Å². The smallest absolute Gasteiger partial charge is 0.251 e. The van der Waals surface area contributed by atoms with Crippen LogP contribution in [-0.4, -0.2) is 48.2 Å². The van der Waals surface area contributed by atoms with Crippen LogP contribution in [0.3, 0.4) is 0 Å². The van der Waals surface area contributed by atoms with Gasteiger partial charge in [-0.05, 0) is 86.8 Å². The van der Waals surface area contributed by atoms with Gasteiger partial charge < -0.3 is 25.0 Å². The number of amides is 1. The van der Waals surface area contributed by atoms with Crippen LogP contribution >= 0.6 is 11.8 Å². The predicted octanol–water partition coefficient (Wildman–Crippen LogP) is 6.79. The van der Waals surface area contributed by atoms with Gasteiger partial charge in [0.25, 0.3) is 5.91 Å². The number of hydrogen-bond donors (Lipinski definition) is 3. The number of aliphatic hydroxyl groups excluding tert-OH is 1. The average Bonchev–Trinajstić information content (AvgIpc) is 3.65. The summed E-state index contributed by atoms with van der Waals surface area (Å²) in [6.07, 6.45) is -0.482. The van der Waals surface area contributed by atoms with Gasteiger partial charge in [0.05, 0.1) is 24.5 Å². The molecule has 1 fully saturated rings. The number of nitrogens with zero attached hydrogens (tertiary/aromatic N) is 4. The SMILES string of the molecule is O=C(NCc1cccc(-c2cccc(C3OC(CSc4nnnn4-c4ccc(O)cc4)CC(c4ccc(CO)cc4)O3)c2)c1)c1ccccc1. The molecular formula is C39H35N5O5S. The molecule has 252 valence electrons. The summed E-state index contributed by atoms with van der Waals surface area (Å²) in [5.41, 5.74) is 7.08. The van der Waals surface area contributed by atoms with Gasteiger partial charge in [-0.3, -0.25) is 4.79 Å². The minimum Gasteiger partial charge on any atom is -0.508 e. The Labute approximate surface area is 293 Å². The molecule has 0 bridgehead atoms. The zero-order valence-corrected chi connectivity index (χ0v) is 27.8. The number of thioether (sulfide) groups is 1.